The Hall–Kier alpha value is -3.15. The molecule has 0 saturated heterocycles. The number of fused-ring (bicyclic) bond motifs is 1. The number of hydrogen-bond acceptors (Lipinski definition) is 4. The topological polar surface area (TPSA) is 78.9 Å². The van der Waals surface area contributed by atoms with Gasteiger partial charge in [-0.2, -0.15) is 4.98 Å². The smallest absolute Gasteiger partial charge is 0.326 e. The van der Waals surface area contributed by atoms with Crippen molar-refractivity contribution in [3.63, 3.8) is 0 Å². The number of anilines is 3. The molecule has 0 aliphatic heterocycles. The van der Waals surface area contributed by atoms with E-state index in [1.807, 2.05) is 62.4 Å². The summed E-state index contributed by atoms with van der Waals surface area (Å²) in [6.07, 6.45) is 0. The van der Waals surface area contributed by atoms with Gasteiger partial charge in [-0.25, -0.2) is 9.78 Å². The number of aryl methyl sites for hydroxylation is 1. The predicted molar refractivity (Wildman–Crippen MR) is 97.5 cm³/mol. The molecule has 0 bridgehead atoms. The third-order valence-electron chi connectivity index (χ3n) is 3.44. The van der Waals surface area contributed by atoms with Crippen LogP contribution in [0.1, 0.15) is 12.6 Å². The average molecular weight is 321 g/mol. The maximum absolute atomic E-state index is 12.2. The molecule has 6 nitrogen and oxygen atoms in total. The number of carbonyl (C=O) groups is 1. The Morgan fingerprint density at radius 1 is 1.00 bits per heavy atom. The SMILES string of the molecule is CCNc1cc(C)nc(NC(=O)Nc2ccc3ccccc3c2)n1. The molecule has 3 N–H and O–H groups in total. The van der Waals surface area contributed by atoms with Gasteiger partial charge in [0, 0.05) is 24.0 Å². The lowest BCUT2D eigenvalue weighted by molar-refractivity contribution is 0.262. The molecule has 3 rings (SSSR count). The summed E-state index contributed by atoms with van der Waals surface area (Å²) >= 11 is 0. The zero-order valence-electron chi connectivity index (χ0n) is 13.6. The molecule has 0 aliphatic rings. The molecule has 0 fully saturated rings. The lowest BCUT2D eigenvalue weighted by Crippen LogP contribution is -2.21. The first-order chi connectivity index (χ1) is 11.6. The molecule has 2 aromatic carbocycles. The second-order valence-electron chi connectivity index (χ2n) is 5.39. The minimum absolute atomic E-state index is 0.268. The van der Waals surface area contributed by atoms with Crippen LogP contribution in [0.15, 0.2) is 48.5 Å². The molecule has 1 aromatic heterocycles. The number of carbonyl (C=O) groups excluding carboxylic acids is 1. The highest BCUT2D eigenvalue weighted by atomic mass is 16.2. The lowest BCUT2D eigenvalue weighted by atomic mass is 10.1. The summed E-state index contributed by atoms with van der Waals surface area (Å²) in [6.45, 7) is 4.59. The van der Waals surface area contributed by atoms with Crippen LogP contribution in [0.25, 0.3) is 10.8 Å². The second-order valence-corrected chi connectivity index (χ2v) is 5.39. The van der Waals surface area contributed by atoms with Gasteiger partial charge in [0.05, 0.1) is 0 Å². The van der Waals surface area contributed by atoms with Crippen molar-refractivity contribution in [2.45, 2.75) is 13.8 Å². The minimum Gasteiger partial charge on any atom is -0.370 e. The fraction of sp³-hybridized carbons (Fsp3) is 0.167. The summed E-state index contributed by atoms with van der Waals surface area (Å²) in [6, 6.07) is 15.2. The molecule has 6 heteroatoms. The fourth-order valence-corrected chi connectivity index (χ4v) is 2.43. The zero-order valence-corrected chi connectivity index (χ0v) is 13.6. The Morgan fingerprint density at radius 3 is 2.58 bits per heavy atom. The second kappa shape index (κ2) is 6.95. The summed E-state index contributed by atoms with van der Waals surface area (Å²) in [5.74, 6) is 0.954. The third-order valence-corrected chi connectivity index (χ3v) is 3.44. The number of amides is 2. The summed E-state index contributed by atoms with van der Waals surface area (Å²) < 4.78 is 0. The number of nitrogens with one attached hydrogen (secondary N) is 3. The molecular weight excluding hydrogens is 302 g/mol. The Balaban J connectivity index is 1.72. The standard InChI is InChI=1S/C18H19N5O/c1-3-19-16-10-12(2)20-17(22-16)23-18(24)21-15-9-8-13-6-4-5-7-14(13)11-15/h4-11H,3H2,1-2H3,(H3,19,20,21,22,23,24). The molecule has 0 radical (unpaired) electrons. The summed E-state index contributed by atoms with van der Waals surface area (Å²) in [4.78, 5) is 20.7. The van der Waals surface area contributed by atoms with E-state index in [-0.39, 0.29) is 12.0 Å². The molecular formula is C18H19N5O. The molecule has 1 heterocycles. The van der Waals surface area contributed by atoms with Gasteiger partial charge in [-0.15, -0.1) is 0 Å². The maximum atomic E-state index is 12.2. The molecule has 0 unspecified atom stereocenters. The quantitative estimate of drug-likeness (QED) is 0.678. The van der Waals surface area contributed by atoms with Crippen molar-refractivity contribution in [2.24, 2.45) is 0 Å². The third kappa shape index (κ3) is 3.78. The van der Waals surface area contributed by atoms with Crippen LogP contribution in [0.2, 0.25) is 0 Å². The van der Waals surface area contributed by atoms with Crippen LogP contribution in [-0.4, -0.2) is 22.5 Å². The van der Waals surface area contributed by atoms with E-state index in [0.29, 0.717) is 11.5 Å². The molecule has 24 heavy (non-hydrogen) atoms. The predicted octanol–water partition coefficient (Wildman–Crippen LogP) is 4.01. The zero-order chi connectivity index (χ0) is 16.9. The monoisotopic (exact) mass is 321 g/mol. The van der Waals surface area contributed by atoms with Gasteiger partial charge in [0.2, 0.25) is 5.95 Å². The molecule has 0 atom stereocenters. The Labute approximate surface area is 140 Å². The van der Waals surface area contributed by atoms with Crippen molar-refractivity contribution in [1.29, 1.82) is 0 Å². The van der Waals surface area contributed by atoms with E-state index in [1.165, 1.54) is 0 Å². The van der Waals surface area contributed by atoms with Crippen LogP contribution in [0, 0.1) is 6.92 Å². The number of hydrogen-bond donors (Lipinski definition) is 3. The van der Waals surface area contributed by atoms with Crippen molar-refractivity contribution in [2.75, 3.05) is 22.5 Å². The van der Waals surface area contributed by atoms with Crippen molar-refractivity contribution in [1.82, 2.24) is 9.97 Å². The van der Waals surface area contributed by atoms with Gasteiger partial charge in [-0.05, 0) is 36.8 Å². The first kappa shape index (κ1) is 15.7. The van der Waals surface area contributed by atoms with Gasteiger partial charge >= 0.3 is 6.03 Å². The van der Waals surface area contributed by atoms with Crippen molar-refractivity contribution < 1.29 is 4.79 Å². The van der Waals surface area contributed by atoms with E-state index in [9.17, 15) is 4.79 Å². The van der Waals surface area contributed by atoms with Crippen molar-refractivity contribution in [3.8, 4) is 0 Å². The number of urea groups is 1. The largest absolute Gasteiger partial charge is 0.370 e. The highest BCUT2D eigenvalue weighted by molar-refractivity contribution is 6.00. The van der Waals surface area contributed by atoms with E-state index in [0.717, 1.165) is 23.0 Å². The number of aromatic nitrogens is 2. The summed E-state index contributed by atoms with van der Waals surface area (Å²) in [5.41, 5.74) is 1.49. The van der Waals surface area contributed by atoms with Gasteiger partial charge in [0.25, 0.3) is 0 Å². The van der Waals surface area contributed by atoms with Crippen molar-refractivity contribution in [3.05, 3.63) is 54.2 Å². The fourth-order valence-electron chi connectivity index (χ4n) is 2.43. The van der Waals surface area contributed by atoms with Crippen LogP contribution in [-0.2, 0) is 0 Å². The van der Waals surface area contributed by atoms with Crippen LogP contribution in [0.4, 0.5) is 22.2 Å². The first-order valence-electron chi connectivity index (χ1n) is 7.80. The van der Waals surface area contributed by atoms with E-state index in [1.54, 1.807) is 0 Å². The van der Waals surface area contributed by atoms with Crippen LogP contribution in [0.3, 0.4) is 0 Å². The van der Waals surface area contributed by atoms with Gasteiger partial charge in [0.1, 0.15) is 5.82 Å². The lowest BCUT2D eigenvalue weighted by Gasteiger charge is -2.09. The van der Waals surface area contributed by atoms with Gasteiger partial charge in [0.15, 0.2) is 0 Å². The molecule has 3 aromatic rings. The highest BCUT2D eigenvalue weighted by Gasteiger charge is 2.07. The number of benzene rings is 2. The normalized spacial score (nSPS) is 10.4. The Kier molecular flexibility index (Phi) is 4.56. The average Bonchev–Trinajstić information content (AvgIpc) is 2.54. The van der Waals surface area contributed by atoms with Crippen LogP contribution >= 0.6 is 0 Å². The molecule has 122 valence electrons. The van der Waals surface area contributed by atoms with Crippen LogP contribution in [0.5, 0.6) is 0 Å². The van der Waals surface area contributed by atoms with E-state index in [2.05, 4.69) is 25.9 Å². The first-order valence-corrected chi connectivity index (χ1v) is 7.80. The number of nitrogens with zero attached hydrogens (tertiary/aromatic N) is 2. The van der Waals surface area contributed by atoms with Gasteiger partial charge in [-0.3, -0.25) is 5.32 Å². The molecule has 0 saturated carbocycles. The number of rotatable bonds is 4. The van der Waals surface area contributed by atoms with Gasteiger partial charge in [-0.1, -0.05) is 30.3 Å². The van der Waals surface area contributed by atoms with Crippen LogP contribution < -0.4 is 16.0 Å². The van der Waals surface area contributed by atoms with E-state index >= 15 is 0 Å². The van der Waals surface area contributed by atoms with Crippen molar-refractivity contribution >= 4 is 34.3 Å². The van der Waals surface area contributed by atoms with Gasteiger partial charge < -0.3 is 10.6 Å². The molecule has 0 spiro atoms. The maximum Gasteiger partial charge on any atom is 0.326 e. The van der Waals surface area contributed by atoms with E-state index < -0.39 is 0 Å². The minimum atomic E-state index is -0.377. The Morgan fingerprint density at radius 2 is 1.79 bits per heavy atom. The molecule has 2 amide bonds. The highest BCUT2D eigenvalue weighted by Crippen LogP contribution is 2.19. The van der Waals surface area contributed by atoms with E-state index in [4.69, 9.17) is 0 Å². The summed E-state index contributed by atoms with van der Waals surface area (Å²) in [7, 11) is 0. The summed E-state index contributed by atoms with van der Waals surface area (Å²) in [5, 5.41) is 10.8. The molecule has 0 aliphatic carbocycles. The Bertz CT molecular complexity index is 878.